The fourth-order valence-electron chi connectivity index (χ4n) is 2.03. The molecule has 0 radical (unpaired) electrons. The number of benzene rings is 2. The second kappa shape index (κ2) is 7.77. The molecule has 0 saturated carbocycles. The topological polar surface area (TPSA) is 78.8 Å². The summed E-state index contributed by atoms with van der Waals surface area (Å²) in [6.45, 7) is 3.76. The van der Waals surface area contributed by atoms with Gasteiger partial charge in [0.15, 0.2) is 0 Å². The average Bonchev–Trinajstić information content (AvgIpc) is 2.51. The average molecular weight is 415 g/mol. The number of hydrogen-bond acceptors (Lipinski definition) is 5. The van der Waals surface area contributed by atoms with E-state index < -0.39 is 5.97 Å². The van der Waals surface area contributed by atoms with Gasteiger partial charge in [0.2, 0.25) is 0 Å². The molecule has 0 amide bonds. The number of carbonyl (C=O) groups excluding carboxylic acids is 1. The fourth-order valence-corrected chi connectivity index (χ4v) is 2.70. The Balaban J connectivity index is 2.20. The highest BCUT2D eigenvalue weighted by molar-refractivity contribution is 9.10. The minimum atomic E-state index is -0.500. The number of phenolic OH excluding ortho intramolecular Hbond substituents is 2. The van der Waals surface area contributed by atoms with E-state index in [4.69, 9.17) is 16.3 Å². The molecule has 3 N–H and O–H groups in total. The Hall–Kier alpha value is -1.92. The lowest BCUT2D eigenvalue weighted by Crippen LogP contribution is -2.12. The van der Waals surface area contributed by atoms with Crippen LogP contribution in [0.15, 0.2) is 34.8 Å². The lowest BCUT2D eigenvalue weighted by atomic mass is 10.1. The van der Waals surface area contributed by atoms with Gasteiger partial charge in [0.05, 0.1) is 21.2 Å². The summed E-state index contributed by atoms with van der Waals surface area (Å²) in [5.74, 6) is -0.428. The molecule has 0 aliphatic rings. The van der Waals surface area contributed by atoms with Crippen LogP contribution in [0.3, 0.4) is 0 Å². The van der Waals surface area contributed by atoms with E-state index in [-0.39, 0.29) is 29.7 Å². The first-order valence-corrected chi connectivity index (χ1v) is 8.40. The van der Waals surface area contributed by atoms with Crippen LogP contribution in [0, 0.1) is 0 Å². The Labute approximate surface area is 153 Å². The molecule has 0 atom stereocenters. The van der Waals surface area contributed by atoms with Crippen LogP contribution >= 0.6 is 27.5 Å². The quantitative estimate of drug-likeness (QED) is 0.488. The predicted octanol–water partition coefficient (Wildman–Crippen LogP) is 4.69. The van der Waals surface area contributed by atoms with E-state index in [9.17, 15) is 15.0 Å². The van der Waals surface area contributed by atoms with Gasteiger partial charge in [-0.25, -0.2) is 4.79 Å². The number of hydrogen-bond donors (Lipinski definition) is 3. The van der Waals surface area contributed by atoms with Crippen molar-refractivity contribution in [3.05, 3.63) is 51.0 Å². The number of nitrogens with one attached hydrogen (secondary N) is 1. The molecule has 0 unspecified atom stereocenters. The summed E-state index contributed by atoms with van der Waals surface area (Å²) in [5.41, 5.74) is 1.38. The molecule has 0 fully saturated rings. The number of halogens is 2. The number of aromatic hydroxyl groups is 2. The molecule has 5 nitrogen and oxygen atoms in total. The molecule has 128 valence electrons. The van der Waals surface area contributed by atoms with E-state index in [0.717, 1.165) is 0 Å². The van der Waals surface area contributed by atoms with Gasteiger partial charge in [-0.15, -0.1) is 0 Å². The van der Waals surface area contributed by atoms with Crippen molar-refractivity contribution in [3.8, 4) is 11.5 Å². The maximum absolute atomic E-state index is 12.0. The van der Waals surface area contributed by atoms with Gasteiger partial charge in [-0.1, -0.05) is 11.6 Å². The molecule has 0 saturated heterocycles. The number of phenols is 2. The van der Waals surface area contributed by atoms with Gasteiger partial charge in [0, 0.05) is 17.8 Å². The van der Waals surface area contributed by atoms with Gasteiger partial charge in [0.1, 0.15) is 11.5 Å². The summed E-state index contributed by atoms with van der Waals surface area (Å²) in [7, 11) is 0. The standard InChI is InChI=1S/C17H17BrClNO4/c1-9(2)24-17(23)11-7-10(3-4-13(11)19)20-8-12-14(21)5-6-15(22)16(12)18/h3-7,9,20-22H,8H2,1-2H3. The van der Waals surface area contributed by atoms with E-state index in [1.807, 2.05) is 0 Å². The second-order valence-electron chi connectivity index (χ2n) is 5.40. The number of esters is 1. The van der Waals surface area contributed by atoms with Gasteiger partial charge in [-0.3, -0.25) is 0 Å². The normalized spacial score (nSPS) is 10.7. The Morgan fingerprint density at radius 1 is 1.25 bits per heavy atom. The van der Waals surface area contributed by atoms with Crippen molar-refractivity contribution in [2.45, 2.75) is 26.5 Å². The largest absolute Gasteiger partial charge is 0.508 e. The van der Waals surface area contributed by atoms with Gasteiger partial charge in [-0.2, -0.15) is 0 Å². The first-order valence-electron chi connectivity index (χ1n) is 7.23. The SMILES string of the molecule is CC(C)OC(=O)c1cc(NCc2c(O)ccc(O)c2Br)ccc1Cl. The molecule has 0 heterocycles. The van der Waals surface area contributed by atoms with Crippen molar-refractivity contribution in [2.75, 3.05) is 5.32 Å². The fraction of sp³-hybridized carbons (Fsp3) is 0.235. The summed E-state index contributed by atoms with van der Waals surface area (Å²) in [6, 6.07) is 7.69. The summed E-state index contributed by atoms with van der Waals surface area (Å²) < 4.78 is 5.56. The van der Waals surface area contributed by atoms with Gasteiger partial charge in [0.25, 0.3) is 0 Å². The third-order valence-electron chi connectivity index (χ3n) is 3.20. The van der Waals surface area contributed by atoms with Crippen molar-refractivity contribution in [3.63, 3.8) is 0 Å². The molecule has 2 rings (SSSR count). The third-order valence-corrected chi connectivity index (χ3v) is 4.41. The molecular weight excluding hydrogens is 398 g/mol. The number of ether oxygens (including phenoxy) is 1. The highest BCUT2D eigenvalue weighted by atomic mass is 79.9. The molecule has 0 bridgehead atoms. The predicted molar refractivity (Wildman–Crippen MR) is 96.8 cm³/mol. The molecule has 2 aromatic rings. The molecular formula is C17H17BrClNO4. The van der Waals surface area contributed by atoms with Crippen molar-refractivity contribution < 1.29 is 19.7 Å². The summed E-state index contributed by atoms with van der Waals surface area (Å²) >= 11 is 9.29. The van der Waals surface area contributed by atoms with Crippen molar-refractivity contribution in [2.24, 2.45) is 0 Å². The van der Waals surface area contributed by atoms with Crippen LogP contribution in [0.1, 0.15) is 29.8 Å². The van der Waals surface area contributed by atoms with Crippen LogP contribution in [0.5, 0.6) is 11.5 Å². The monoisotopic (exact) mass is 413 g/mol. The van der Waals surface area contributed by atoms with E-state index >= 15 is 0 Å². The van der Waals surface area contributed by atoms with Crippen molar-refractivity contribution >= 4 is 39.2 Å². The maximum Gasteiger partial charge on any atom is 0.339 e. The third kappa shape index (κ3) is 4.33. The summed E-state index contributed by atoms with van der Waals surface area (Å²) in [5, 5.41) is 23.0. The van der Waals surface area contributed by atoms with Crippen LogP contribution in [0.4, 0.5) is 5.69 Å². The zero-order valence-electron chi connectivity index (χ0n) is 13.1. The molecule has 0 aromatic heterocycles. The van der Waals surface area contributed by atoms with E-state index in [0.29, 0.717) is 20.7 Å². The zero-order chi connectivity index (χ0) is 17.9. The van der Waals surface area contributed by atoms with Gasteiger partial charge >= 0.3 is 5.97 Å². The number of rotatable bonds is 5. The minimum absolute atomic E-state index is 0.0295. The zero-order valence-corrected chi connectivity index (χ0v) is 15.5. The molecule has 0 aliphatic heterocycles. The summed E-state index contributed by atoms with van der Waals surface area (Å²) in [4.78, 5) is 12.0. The molecule has 7 heteroatoms. The van der Waals surface area contributed by atoms with Crippen molar-refractivity contribution in [1.82, 2.24) is 0 Å². The van der Waals surface area contributed by atoms with Crippen LogP contribution < -0.4 is 5.32 Å². The van der Waals surface area contributed by atoms with Crippen molar-refractivity contribution in [1.29, 1.82) is 0 Å². The smallest absolute Gasteiger partial charge is 0.339 e. The highest BCUT2D eigenvalue weighted by Crippen LogP contribution is 2.34. The minimum Gasteiger partial charge on any atom is -0.508 e. The first kappa shape index (κ1) is 18.4. The lowest BCUT2D eigenvalue weighted by Gasteiger charge is -2.13. The summed E-state index contributed by atoms with van der Waals surface area (Å²) in [6.07, 6.45) is -0.245. The van der Waals surface area contributed by atoms with Crippen LogP contribution in [-0.2, 0) is 11.3 Å². The van der Waals surface area contributed by atoms with Crippen LogP contribution in [-0.4, -0.2) is 22.3 Å². The second-order valence-corrected chi connectivity index (χ2v) is 6.60. The molecule has 2 aromatic carbocycles. The Morgan fingerprint density at radius 2 is 1.92 bits per heavy atom. The highest BCUT2D eigenvalue weighted by Gasteiger charge is 2.15. The Bertz CT molecular complexity index is 764. The van der Waals surface area contributed by atoms with E-state index in [1.54, 1.807) is 32.0 Å². The number of anilines is 1. The first-order chi connectivity index (χ1) is 11.3. The molecule has 24 heavy (non-hydrogen) atoms. The van der Waals surface area contributed by atoms with Crippen LogP contribution in [0.2, 0.25) is 5.02 Å². The maximum atomic E-state index is 12.0. The van der Waals surface area contributed by atoms with Crippen LogP contribution in [0.25, 0.3) is 0 Å². The lowest BCUT2D eigenvalue weighted by molar-refractivity contribution is 0.0378. The van der Waals surface area contributed by atoms with Gasteiger partial charge < -0.3 is 20.3 Å². The molecule has 0 spiro atoms. The van der Waals surface area contributed by atoms with E-state index in [1.165, 1.54) is 12.1 Å². The van der Waals surface area contributed by atoms with Gasteiger partial charge in [-0.05, 0) is 60.1 Å². The Kier molecular flexibility index (Phi) is 5.96. The van der Waals surface area contributed by atoms with E-state index in [2.05, 4.69) is 21.2 Å². The number of carbonyl (C=O) groups is 1. The molecule has 0 aliphatic carbocycles. The Morgan fingerprint density at radius 3 is 2.58 bits per heavy atom.